The first kappa shape index (κ1) is 17.2. The Kier molecular flexibility index (Phi) is 5.46. The molecule has 0 atom stereocenters. The molecular weight excluding hydrogens is 332 g/mol. The summed E-state index contributed by atoms with van der Waals surface area (Å²) >= 11 is 1.54. The maximum absolute atomic E-state index is 12.4. The second-order valence-corrected chi connectivity index (χ2v) is 6.67. The van der Waals surface area contributed by atoms with Crippen molar-refractivity contribution in [3.05, 3.63) is 65.0 Å². The fourth-order valence-electron chi connectivity index (χ4n) is 2.53. The van der Waals surface area contributed by atoms with E-state index in [1.54, 1.807) is 42.7 Å². The monoisotopic (exact) mass is 352 g/mol. The number of ether oxygens (including phenoxy) is 1. The van der Waals surface area contributed by atoms with Gasteiger partial charge in [0.2, 0.25) is 0 Å². The van der Waals surface area contributed by atoms with Crippen LogP contribution >= 0.6 is 11.3 Å². The molecular formula is C20H20N2O2S. The van der Waals surface area contributed by atoms with E-state index in [1.807, 2.05) is 30.3 Å². The first-order valence-corrected chi connectivity index (χ1v) is 9.03. The van der Waals surface area contributed by atoms with Crippen LogP contribution in [0.15, 0.2) is 54.6 Å². The third-order valence-electron chi connectivity index (χ3n) is 3.79. The third kappa shape index (κ3) is 4.06. The number of amides is 1. The van der Waals surface area contributed by atoms with Crippen LogP contribution in [0.2, 0.25) is 0 Å². The molecule has 0 saturated heterocycles. The van der Waals surface area contributed by atoms with Gasteiger partial charge in [-0.25, -0.2) is 4.98 Å². The van der Waals surface area contributed by atoms with Gasteiger partial charge in [0.25, 0.3) is 5.91 Å². The van der Waals surface area contributed by atoms with Gasteiger partial charge in [0.1, 0.15) is 5.75 Å². The van der Waals surface area contributed by atoms with Crippen LogP contribution in [0.1, 0.15) is 28.6 Å². The standard InChI is InChI=1S/C20H20N2O2S/c1-3-7-17-18(14-8-5-4-6-9-14)21-20(25-17)22-19(23)15-10-12-16(24-2)13-11-15/h4-6,8-13H,3,7H2,1-2H3,(H,21,22,23). The summed E-state index contributed by atoms with van der Waals surface area (Å²) < 4.78 is 5.12. The zero-order chi connectivity index (χ0) is 17.6. The SMILES string of the molecule is CCCc1sc(NC(=O)c2ccc(OC)cc2)nc1-c1ccccc1. The molecule has 1 heterocycles. The Bertz CT molecular complexity index is 842. The fourth-order valence-corrected chi connectivity index (χ4v) is 3.62. The molecule has 25 heavy (non-hydrogen) atoms. The number of benzene rings is 2. The van der Waals surface area contributed by atoms with Gasteiger partial charge in [-0.05, 0) is 30.7 Å². The highest BCUT2D eigenvalue weighted by molar-refractivity contribution is 7.16. The van der Waals surface area contributed by atoms with Crippen molar-refractivity contribution in [1.29, 1.82) is 0 Å². The van der Waals surface area contributed by atoms with Crippen LogP contribution in [0.25, 0.3) is 11.3 Å². The van der Waals surface area contributed by atoms with Crippen molar-refractivity contribution < 1.29 is 9.53 Å². The van der Waals surface area contributed by atoms with Gasteiger partial charge in [-0.1, -0.05) is 43.7 Å². The zero-order valence-electron chi connectivity index (χ0n) is 14.3. The highest BCUT2D eigenvalue weighted by atomic mass is 32.1. The molecule has 5 heteroatoms. The number of rotatable bonds is 6. The quantitative estimate of drug-likeness (QED) is 0.677. The van der Waals surface area contributed by atoms with E-state index in [0.717, 1.165) is 29.8 Å². The lowest BCUT2D eigenvalue weighted by Gasteiger charge is -2.03. The summed E-state index contributed by atoms with van der Waals surface area (Å²) in [6.45, 7) is 2.14. The summed E-state index contributed by atoms with van der Waals surface area (Å²) in [5, 5.41) is 3.54. The summed E-state index contributed by atoms with van der Waals surface area (Å²) in [5.41, 5.74) is 2.61. The van der Waals surface area contributed by atoms with Crippen LogP contribution in [0.4, 0.5) is 5.13 Å². The molecule has 0 radical (unpaired) electrons. The second kappa shape index (κ2) is 7.94. The minimum atomic E-state index is -0.168. The fraction of sp³-hybridized carbons (Fsp3) is 0.200. The Morgan fingerprint density at radius 1 is 1.12 bits per heavy atom. The normalized spacial score (nSPS) is 10.5. The number of anilines is 1. The van der Waals surface area contributed by atoms with Crippen LogP contribution in [-0.2, 0) is 6.42 Å². The number of methoxy groups -OCH3 is 1. The average molecular weight is 352 g/mol. The summed E-state index contributed by atoms with van der Waals surface area (Å²) in [7, 11) is 1.60. The van der Waals surface area contributed by atoms with E-state index >= 15 is 0 Å². The van der Waals surface area contributed by atoms with Crippen LogP contribution < -0.4 is 10.1 Å². The molecule has 0 saturated carbocycles. The molecule has 1 aromatic heterocycles. The Hall–Kier alpha value is -2.66. The van der Waals surface area contributed by atoms with Crippen LogP contribution in [0.5, 0.6) is 5.75 Å². The highest BCUT2D eigenvalue weighted by Crippen LogP contribution is 2.32. The molecule has 0 unspecified atom stereocenters. The maximum Gasteiger partial charge on any atom is 0.257 e. The molecule has 0 aliphatic carbocycles. The minimum Gasteiger partial charge on any atom is -0.497 e. The van der Waals surface area contributed by atoms with E-state index in [1.165, 1.54) is 4.88 Å². The lowest BCUT2D eigenvalue weighted by atomic mass is 10.1. The van der Waals surface area contributed by atoms with Crippen molar-refractivity contribution in [1.82, 2.24) is 4.98 Å². The molecule has 2 aromatic carbocycles. The summed E-state index contributed by atoms with van der Waals surface area (Å²) in [6, 6.07) is 17.1. The Labute approximate surface area is 151 Å². The van der Waals surface area contributed by atoms with Crippen LogP contribution in [0, 0.1) is 0 Å². The Morgan fingerprint density at radius 2 is 1.84 bits per heavy atom. The van der Waals surface area contributed by atoms with Crippen molar-refractivity contribution in [3.8, 4) is 17.0 Å². The van der Waals surface area contributed by atoms with Crippen molar-refractivity contribution in [3.63, 3.8) is 0 Å². The topological polar surface area (TPSA) is 51.2 Å². The lowest BCUT2D eigenvalue weighted by Crippen LogP contribution is -2.11. The number of nitrogens with zero attached hydrogens (tertiary/aromatic N) is 1. The second-order valence-electron chi connectivity index (χ2n) is 5.59. The molecule has 1 N–H and O–H groups in total. The van der Waals surface area contributed by atoms with Gasteiger partial charge in [0.15, 0.2) is 5.13 Å². The van der Waals surface area contributed by atoms with Gasteiger partial charge in [-0.2, -0.15) is 0 Å². The molecule has 0 aliphatic rings. The van der Waals surface area contributed by atoms with E-state index in [4.69, 9.17) is 4.74 Å². The van der Waals surface area contributed by atoms with Gasteiger partial charge in [0.05, 0.1) is 12.8 Å². The minimum absolute atomic E-state index is 0.168. The predicted octanol–water partition coefficient (Wildman–Crippen LogP) is 5.02. The van der Waals surface area contributed by atoms with E-state index in [0.29, 0.717) is 10.7 Å². The largest absolute Gasteiger partial charge is 0.497 e. The number of aromatic nitrogens is 1. The maximum atomic E-state index is 12.4. The van der Waals surface area contributed by atoms with E-state index in [2.05, 4.69) is 17.2 Å². The van der Waals surface area contributed by atoms with Crippen molar-refractivity contribution in [2.45, 2.75) is 19.8 Å². The van der Waals surface area contributed by atoms with Crippen molar-refractivity contribution in [2.24, 2.45) is 0 Å². The van der Waals surface area contributed by atoms with Gasteiger partial charge >= 0.3 is 0 Å². The molecule has 3 aromatic rings. The highest BCUT2D eigenvalue weighted by Gasteiger charge is 2.15. The summed E-state index contributed by atoms with van der Waals surface area (Å²) in [4.78, 5) is 18.3. The number of nitrogens with one attached hydrogen (secondary N) is 1. The predicted molar refractivity (Wildman–Crippen MR) is 102 cm³/mol. The van der Waals surface area contributed by atoms with Crippen LogP contribution in [-0.4, -0.2) is 18.0 Å². The molecule has 0 bridgehead atoms. The molecule has 128 valence electrons. The van der Waals surface area contributed by atoms with Crippen molar-refractivity contribution >= 4 is 22.4 Å². The van der Waals surface area contributed by atoms with Gasteiger partial charge in [-0.15, -0.1) is 11.3 Å². The van der Waals surface area contributed by atoms with E-state index < -0.39 is 0 Å². The molecule has 0 fully saturated rings. The Morgan fingerprint density at radius 3 is 2.48 bits per heavy atom. The Balaban J connectivity index is 1.83. The molecule has 4 nitrogen and oxygen atoms in total. The summed E-state index contributed by atoms with van der Waals surface area (Å²) in [6.07, 6.45) is 1.98. The first-order valence-electron chi connectivity index (χ1n) is 8.21. The molecule has 3 rings (SSSR count). The first-order chi connectivity index (χ1) is 12.2. The zero-order valence-corrected chi connectivity index (χ0v) is 15.1. The third-order valence-corrected chi connectivity index (χ3v) is 4.82. The van der Waals surface area contributed by atoms with Gasteiger partial charge in [-0.3, -0.25) is 10.1 Å². The summed E-state index contributed by atoms with van der Waals surface area (Å²) in [5.74, 6) is 0.557. The smallest absolute Gasteiger partial charge is 0.257 e. The number of aryl methyl sites for hydroxylation is 1. The molecule has 0 aliphatic heterocycles. The van der Waals surface area contributed by atoms with E-state index in [-0.39, 0.29) is 5.91 Å². The number of hydrogen-bond acceptors (Lipinski definition) is 4. The molecule has 1 amide bonds. The van der Waals surface area contributed by atoms with Crippen molar-refractivity contribution in [2.75, 3.05) is 12.4 Å². The van der Waals surface area contributed by atoms with Crippen LogP contribution in [0.3, 0.4) is 0 Å². The number of carbonyl (C=O) groups is 1. The molecule has 0 spiro atoms. The average Bonchev–Trinajstić information content (AvgIpc) is 3.05. The number of hydrogen-bond donors (Lipinski definition) is 1. The number of carbonyl (C=O) groups excluding carboxylic acids is 1. The lowest BCUT2D eigenvalue weighted by molar-refractivity contribution is 0.102. The van der Waals surface area contributed by atoms with E-state index in [9.17, 15) is 4.79 Å². The van der Waals surface area contributed by atoms with Gasteiger partial charge in [0, 0.05) is 16.0 Å². The number of thiazole rings is 1. The van der Waals surface area contributed by atoms with Gasteiger partial charge < -0.3 is 4.74 Å².